The molecule has 0 N–H and O–H groups in total. The van der Waals surface area contributed by atoms with Crippen molar-refractivity contribution >= 4 is 0 Å². The van der Waals surface area contributed by atoms with Gasteiger partial charge in [0, 0.05) is 5.56 Å². The molecule has 0 saturated heterocycles. The Bertz CT molecular complexity index is 659. The number of hydrogen-bond acceptors (Lipinski definition) is 4. The van der Waals surface area contributed by atoms with Crippen molar-refractivity contribution in [1.82, 2.24) is 10.2 Å². The molecule has 6 heteroatoms. The summed E-state index contributed by atoms with van der Waals surface area (Å²) in [7, 11) is 0. The highest BCUT2D eigenvalue weighted by atomic mass is 19.3. The minimum absolute atomic E-state index is 0.00482. The number of halogens is 2. The van der Waals surface area contributed by atoms with E-state index in [0.29, 0.717) is 11.3 Å². The number of rotatable bonds is 1. The average Bonchev–Trinajstić information content (AvgIpc) is 2.65. The summed E-state index contributed by atoms with van der Waals surface area (Å²) in [6, 6.07) is 4.57. The van der Waals surface area contributed by atoms with Crippen molar-refractivity contribution < 1.29 is 18.3 Å². The fourth-order valence-corrected chi connectivity index (χ4v) is 1.90. The first-order chi connectivity index (χ1) is 8.96. The van der Waals surface area contributed by atoms with Crippen LogP contribution in [0.3, 0.4) is 0 Å². The molecule has 2 aromatic rings. The van der Waals surface area contributed by atoms with Crippen LogP contribution in [0.1, 0.15) is 11.1 Å². The van der Waals surface area contributed by atoms with Gasteiger partial charge in [0.15, 0.2) is 11.5 Å². The molecular weight excluding hydrogens is 254 g/mol. The maximum atomic E-state index is 12.9. The zero-order valence-corrected chi connectivity index (χ0v) is 10.3. The Morgan fingerprint density at radius 1 is 1.11 bits per heavy atom. The van der Waals surface area contributed by atoms with Crippen LogP contribution in [0.5, 0.6) is 11.5 Å². The molecule has 0 aliphatic carbocycles. The van der Waals surface area contributed by atoms with Gasteiger partial charge in [0.1, 0.15) is 0 Å². The topological polar surface area (TPSA) is 44.2 Å². The third-order valence-electron chi connectivity index (χ3n) is 3.03. The molecule has 0 unspecified atom stereocenters. The predicted octanol–water partition coefficient (Wildman–Crippen LogP) is 3.08. The summed E-state index contributed by atoms with van der Waals surface area (Å²) in [6.07, 6.45) is -1.95. The van der Waals surface area contributed by atoms with Gasteiger partial charge in [0.25, 0.3) is 0 Å². The first-order valence-electron chi connectivity index (χ1n) is 5.65. The molecule has 19 heavy (non-hydrogen) atoms. The number of aromatic nitrogens is 2. The number of alkyl halides is 2. The molecule has 1 aliphatic rings. The summed E-state index contributed by atoms with van der Waals surface area (Å²) in [5, 5.41) is 7.91. The lowest BCUT2D eigenvalue weighted by Crippen LogP contribution is -2.25. The van der Waals surface area contributed by atoms with E-state index in [4.69, 9.17) is 0 Å². The molecule has 1 aromatic heterocycles. The van der Waals surface area contributed by atoms with Gasteiger partial charge >= 0.3 is 6.29 Å². The zero-order chi connectivity index (χ0) is 13.6. The van der Waals surface area contributed by atoms with Crippen LogP contribution in [0.2, 0.25) is 0 Å². The summed E-state index contributed by atoms with van der Waals surface area (Å²) in [4.78, 5) is 0. The second-order valence-electron chi connectivity index (χ2n) is 4.33. The molecular formula is C13H10F2N2O2. The van der Waals surface area contributed by atoms with Gasteiger partial charge in [-0.2, -0.15) is 10.2 Å². The molecule has 2 heterocycles. The summed E-state index contributed by atoms with van der Waals surface area (Å²) in [6.45, 7) is 3.81. The summed E-state index contributed by atoms with van der Waals surface area (Å²) in [5.41, 5.74) is 3.23. The van der Waals surface area contributed by atoms with Gasteiger partial charge in [0.2, 0.25) is 0 Å². The van der Waals surface area contributed by atoms with E-state index in [1.807, 2.05) is 13.8 Å². The monoisotopic (exact) mass is 264 g/mol. The average molecular weight is 264 g/mol. The van der Waals surface area contributed by atoms with Gasteiger partial charge in [-0.3, -0.25) is 0 Å². The van der Waals surface area contributed by atoms with E-state index < -0.39 is 6.29 Å². The Labute approximate surface area is 108 Å². The summed E-state index contributed by atoms with van der Waals surface area (Å²) < 4.78 is 34.7. The maximum Gasteiger partial charge on any atom is 0.586 e. The Kier molecular flexibility index (Phi) is 2.41. The lowest BCUT2D eigenvalue weighted by molar-refractivity contribution is -0.286. The van der Waals surface area contributed by atoms with Gasteiger partial charge < -0.3 is 9.47 Å². The zero-order valence-electron chi connectivity index (χ0n) is 10.3. The Morgan fingerprint density at radius 2 is 1.84 bits per heavy atom. The normalized spacial score (nSPS) is 15.6. The summed E-state index contributed by atoms with van der Waals surface area (Å²) >= 11 is 0. The Balaban J connectivity index is 2.07. The lowest BCUT2D eigenvalue weighted by atomic mass is 10.0. The quantitative estimate of drug-likeness (QED) is 0.794. The third kappa shape index (κ3) is 1.99. The number of nitrogens with zero attached hydrogens (tertiary/aromatic N) is 2. The van der Waals surface area contributed by atoms with Gasteiger partial charge in [-0.05, 0) is 43.2 Å². The molecule has 0 spiro atoms. The molecule has 98 valence electrons. The molecule has 0 atom stereocenters. The van der Waals surface area contributed by atoms with Crippen molar-refractivity contribution in [2.24, 2.45) is 0 Å². The molecule has 1 aromatic carbocycles. The Morgan fingerprint density at radius 3 is 2.63 bits per heavy atom. The molecule has 0 bridgehead atoms. The van der Waals surface area contributed by atoms with E-state index in [1.54, 1.807) is 12.3 Å². The number of benzene rings is 1. The van der Waals surface area contributed by atoms with E-state index in [-0.39, 0.29) is 11.5 Å². The lowest BCUT2D eigenvalue weighted by Gasteiger charge is -2.06. The minimum Gasteiger partial charge on any atom is -0.395 e. The van der Waals surface area contributed by atoms with Crippen LogP contribution in [0.15, 0.2) is 24.4 Å². The van der Waals surface area contributed by atoms with Crippen molar-refractivity contribution in [3.63, 3.8) is 0 Å². The molecule has 0 fully saturated rings. The standard InChI is InChI=1S/C13H10F2N2O2/c1-7-6-16-17-12(8(7)2)9-3-4-10-11(5-9)19-13(14,15)18-10/h3-6H,1-2H3. The van der Waals surface area contributed by atoms with Crippen LogP contribution in [0.25, 0.3) is 11.3 Å². The molecule has 0 amide bonds. The smallest absolute Gasteiger partial charge is 0.395 e. The second-order valence-corrected chi connectivity index (χ2v) is 4.33. The first kappa shape index (κ1) is 11.8. The van der Waals surface area contributed by atoms with Gasteiger partial charge in [-0.1, -0.05) is 0 Å². The van der Waals surface area contributed by atoms with Crippen LogP contribution in [0.4, 0.5) is 8.78 Å². The van der Waals surface area contributed by atoms with E-state index in [9.17, 15) is 8.78 Å². The maximum absolute atomic E-state index is 12.9. The third-order valence-corrected chi connectivity index (χ3v) is 3.03. The highest BCUT2D eigenvalue weighted by Crippen LogP contribution is 2.42. The van der Waals surface area contributed by atoms with Crippen LogP contribution >= 0.6 is 0 Å². The number of hydrogen-bond donors (Lipinski definition) is 0. The van der Waals surface area contributed by atoms with E-state index in [1.165, 1.54) is 12.1 Å². The van der Waals surface area contributed by atoms with E-state index in [2.05, 4.69) is 19.7 Å². The fraction of sp³-hybridized carbons (Fsp3) is 0.231. The van der Waals surface area contributed by atoms with E-state index in [0.717, 1.165) is 11.1 Å². The van der Waals surface area contributed by atoms with Crippen molar-refractivity contribution in [3.8, 4) is 22.8 Å². The predicted molar refractivity (Wildman–Crippen MR) is 63.1 cm³/mol. The number of aryl methyl sites for hydroxylation is 1. The largest absolute Gasteiger partial charge is 0.586 e. The van der Waals surface area contributed by atoms with Crippen LogP contribution in [-0.2, 0) is 0 Å². The van der Waals surface area contributed by atoms with Gasteiger partial charge in [-0.15, -0.1) is 8.78 Å². The van der Waals surface area contributed by atoms with Crippen molar-refractivity contribution in [2.75, 3.05) is 0 Å². The van der Waals surface area contributed by atoms with Gasteiger partial charge in [-0.25, -0.2) is 0 Å². The highest BCUT2D eigenvalue weighted by molar-refractivity contribution is 5.67. The molecule has 4 nitrogen and oxygen atoms in total. The van der Waals surface area contributed by atoms with Crippen LogP contribution < -0.4 is 9.47 Å². The van der Waals surface area contributed by atoms with Crippen LogP contribution in [0, 0.1) is 13.8 Å². The molecule has 0 saturated carbocycles. The molecule has 1 aliphatic heterocycles. The second kappa shape index (κ2) is 3.88. The fourth-order valence-electron chi connectivity index (χ4n) is 1.90. The number of fused-ring (bicyclic) bond motifs is 1. The number of ether oxygens (including phenoxy) is 2. The van der Waals surface area contributed by atoms with Crippen LogP contribution in [-0.4, -0.2) is 16.5 Å². The van der Waals surface area contributed by atoms with Crippen molar-refractivity contribution in [2.45, 2.75) is 20.1 Å². The SMILES string of the molecule is Cc1cnnc(-c2ccc3c(c2)OC(F)(F)O3)c1C. The molecule has 3 rings (SSSR count). The highest BCUT2D eigenvalue weighted by Gasteiger charge is 2.43. The van der Waals surface area contributed by atoms with Crippen molar-refractivity contribution in [3.05, 3.63) is 35.5 Å². The Hall–Kier alpha value is -2.24. The first-order valence-corrected chi connectivity index (χ1v) is 5.65. The van der Waals surface area contributed by atoms with E-state index >= 15 is 0 Å². The summed E-state index contributed by atoms with van der Waals surface area (Å²) in [5.74, 6) is 0.0252. The minimum atomic E-state index is -3.60. The molecule has 0 radical (unpaired) electrons. The van der Waals surface area contributed by atoms with Crippen molar-refractivity contribution in [1.29, 1.82) is 0 Å². The van der Waals surface area contributed by atoms with Gasteiger partial charge in [0.05, 0.1) is 11.9 Å².